The van der Waals surface area contributed by atoms with E-state index < -0.39 is 5.82 Å². The topological polar surface area (TPSA) is 41.1 Å². The molecule has 6 heteroatoms. The quantitative estimate of drug-likeness (QED) is 0.870. The van der Waals surface area contributed by atoms with Crippen molar-refractivity contribution in [2.24, 2.45) is 0 Å². The molecule has 1 heterocycles. The fourth-order valence-electron chi connectivity index (χ4n) is 1.52. The van der Waals surface area contributed by atoms with Crippen LogP contribution in [0.1, 0.15) is 5.56 Å². The van der Waals surface area contributed by atoms with Crippen LogP contribution in [-0.2, 0) is 4.79 Å². The average Bonchev–Trinajstić information content (AvgIpc) is 2.76. The van der Waals surface area contributed by atoms with E-state index in [1.807, 2.05) is 6.92 Å². The number of nitrogens with one attached hydrogen (secondary N) is 2. The molecule has 1 fully saturated rings. The normalized spacial score (nSPS) is 18.6. The zero-order valence-corrected chi connectivity index (χ0v) is 11.0. The van der Waals surface area contributed by atoms with Crippen LogP contribution in [-0.4, -0.2) is 23.6 Å². The molecule has 1 saturated heterocycles. The van der Waals surface area contributed by atoms with Crippen LogP contribution < -0.4 is 10.6 Å². The summed E-state index contributed by atoms with van der Waals surface area (Å²) in [6.45, 7) is 1.86. The first-order valence-electron chi connectivity index (χ1n) is 5.05. The second-order valence-corrected chi connectivity index (χ2v) is 4.77. The van der Waals surface area contributed by atoms with Gasteiger partial charge in [-0.15, -0.1) is 24.2 Å². The molecule has 1 amide bonds. The Bertz CT molecular complexity index is 410. The molecule has 0 aliphatic carbocycles. The minimum atomic E-state index is -0.399. The zero-order valence-electron chi connectivity index (χ0n) is 9.33. The second-order valence-electron chi connectivity index (χ2n) is 3.74. The molecule has 2 N–H and O–H groups in total. The van der Waals surface area contributed by atoms with Crippen molar-refractivity contribution in [2.75, 3.05) is 16.9 Å². The van der Waals surface area contributed by atoms with Crippen molar-refractivity contribution in [1.29, 1.82) is 0 Å². The van der Waals surface area contributed by atoms with Gasteiger partial charge in [-0.2, -0.15) is 0 Å². The first-order chi connectivity index (χ1) is 7.66. The maximum Gasteiger partial charge on any atom is 0.242 e. The van der Waals surface area contributed by atoms with E-state index in [1.54, 1.807) is 23.9 Å². The molecule has 0 radical (unpaired) electrons. The fraction of sp³-hybridized carbons (Fsp3) is 0.364. The summed E-state index contributed by atoms with van der Waals surface area (Å²) in [5.41, 5.74) is 1.18. The fourth-order valence-corrected chi connectivity index (χ4v) is 2.46. The maximum atomic E-state index is 13.4. The Kier molecular flexibility index (Phi) is 5.24. The summed E-state index contributed by atoms with van der Waals surface area (Å²) < 4.78 is 13.4. The van der Waals surface area contributed by atoms with E-state index in [1.165, 1.54) is 6.07 Å². The number of halogens is 2. The largest absolute Gasteiger partial charge is 0.322 e. The molecule has 0 bridgehead atoms. The number of carbonyl (C=O) groups is 1. The van der Waals surface area contributed by atoms with Crippen molar-refractivity contribution in [2.45, 2.75) is 13.0 Å². The van der Waals surface area contributed by atoms with Gasteiger partial charge in [0, 0.05) is 11.6 Å². The Hall–Kier alpha value is -0.780. The second kappa shape index (κ2) is 6.23. The first kappa shape index (κ1) is 14.3. The molecule has 1 aliphatic rings. The highest BCUT2D eigenvalue weighted by molar-refractivity contribution is 7.99. The monoisotopic (exact) mass is 276 g/mol. The summed E-state index contributed by atoms with van der Waals surface area (Å²) >= 11 is 1.66. The lowest BCUT2D eigenvalue weighted by Gasteiger charge is -2.11. The van der Waals surface area contributed by atoms with Crippen molar-refractivity contribution in [3.63, 3.8) is 0 Å². The van der Waals surface area contributed by atoms with Gasteiger partial charge in [0.05, 0.1) is 11.7 Å². The van der Waals surface area contributed by atoms with E-state index >= 15 is 0 Å². The smallest absolute Gasteiger partial charge is 0.242 e. The Labute approximate surface area is 110 Å². The standard InChI is InChI=1S/C11H13FN2OS.ClH/c1-7-2-3-8(12)9(4-7)14-11(15)10-5-16-6-13-10;/h2-4,10,13H,5-6H2,1H3,(H,14,15);1H. The predicted octanol–water partition coefficient (Wildman–Crippen LogP) is 2.16. The van der Waals surface area contributed by atoms with Gasteiger partial charge in [0.25, 0.3) is 0 Å². The highest BCUT2D eigenvalue weighted by Crippen LogP contribution is 2.17. The predicted molar refractivity (Wildman–Crippen MR) is 71.3 cm³/mol. The molecule has 0 aromatic heterocycles. The van der Waals surface area contributed by atoms with Gasteiger partial charge in [0.15, 0.2) is 0 Å². The van der Waals surface area contributed by atoms with Crippen molar-refractivity contribution in [3.05, 3.63) is 29.6 Å². The highest BCUT2D eigenvalue weighted by atomic mass is 35.5. The van der Waals surface area contributed by atoms with E-state index in [0.29, 0.717) is 0 Å². The number of thioether (sulfide) groups is 1. The summed E-state index contributed by atoms with van der Waals surface area (Å²) in [7, 11) is 0. The van der Waals surface area contributed by atoms with Gasteiger partial charge in [-0.1, -0.05) is 6.07 Å². The lowest BCUT2D eigenvalue weighted by molar-refractivity contribution is -0.117. The third-order valence-electron chi connectivity index (χ3n) is 2.41. The molecular formula is C11H14ClFN2OS. The zero-order chi connectivity index (χ0) is 11.5. The van der Waals surface area contributed by atoms with Gasteiger partial charge in [0.2, 0.25) is 5.91 Å². The average molecular weight is 277 g/mol. The van der Waals surface area contributed by atoms with Crippen molar-refractivity contribution < 1.29 is 9.18 Å². The minimum Gasteiger partial charge on any atom is -0.322 e. The van der Waals surface area contributed by atoms with Gasteiger partial charge < -0.3 is 5.32 Å². The number of hydrogen-bond donors (Lipinski definition) is 2. The molecule has 2 rings (SSSR count). The lowest BCUT2D eigenvalue weighted by Crippen LogP contribution is -2.37. The van der Waals surface area contributed by atoms with E-state index in [4.69, 9.17) is 0 Å². The summed E-state index contributed by atoms with van der Waals surface area (Å²) in [5, 5.41) is 5.64. The lowest BCUT2D eigenvalue weighted by atomic mass is 10.2. The van der Waals surface area contributed by atoms with Gasteiger partial charge in [-0.25, -0.2) is 4.39 Å². The number of carbonyl (C=O) groups excluding carboxylic acids is 1. The maximum absolute atomic E-state index is 13.4. The Morgan fingerprint density at radius 1 is 1.59 bits per heavy atom. The summed E-state index contributed by atoms with van der Waals surface area (Å²) in [5.74, 6) is 0.937. The number of benzene rings is 1. The minimum absolute atomic E-state index is 0. The van der Waals surface area contributed by atoms with Crippen LogP contribution in [0.5, 0.6) is 0 Å². The van der Waals surface area contributed by atoms with E-state index in [9.17, 15) is 9.18 Å². The van der Waals surface area contributed by atoms with Crippen molar-refractivity contribution in [1.82, 2.24) is 5.32 Å². The molecule has 1 unspecified atom stereocenters. The summed E-state index contributed by atoms with van der Waals surface area (Å²) in [6, 6.07) is 4.45. The van der Waals surface area contributed by atoms with E-state index in [2.05, 4.69) is 10.6 Å². The van der Waals surface area contributed by atoms with Gasteiger partial charge in [-0.05, 0) is 24.6 Å². The van der Waals surface area contributed by atoms with Crippen molar-refractivity contribution >= 4 is 35.8 Å². The Balaban J connectivity index is 0.00000144. The molecule has 1 aliphatic heterocycles. The van der Waals surface area contributed by atoms with Crippen LogP contribution in [0, 0.1) is 12.7 Å². The third-order valence-corrected chi connectivity index (χ3v) is 3.35. The van der Waals surface area contributed by atoms with Crippen molar-refractivity contribution in [3.8, 4) is 0 Å². The van der Waals surface area contributed by atoms with Crippen LogP contribution >= 0.6 is 24.2 Å². The van der Waals surface area contributed by atoms with Crippen LogP contribution in [0.15, 0.2) is 18.2 Å². The number of anilines is 1. The Morgan fingerprint density at radius 2 is 2.35 bits per heavy atom. The molecule has 1 atom stereocenters. The van der Waals surface area contributed by atoms with Crippen LogP contribution in [0.3, 0.4) is 0 Å². The molecule has 0 saturated carbocycles. The van der Waals surface area contributed by atoms with Gasteiger partial charge in [0.1, 0.15) is 5.82 Å². The SMILES string of the molecule is Cc1ccc(F)c(NC(=O)C2CSCN2)c1.Cl. The molecule has 0 spiro atoms. The number of amides is 1. The van der Waals surface area contributed by atoms with Crippen LogP contribution in [0.25, 0.3) is 0 Å². The summed E-state index contributed by atoms with van der Waals surface area (Å²) in [6.07, 6.45) is 0. The van der Waals surface area contributed by atoms with Crippen LogP contribution in [0.2, 0.25) is 0 Å². The molecule has 3 nitrogen and oxygen atoms in total. The van der Waals surface area contributed by atoms with E-state index in [0.717, 1.165) is 17.2 Å². The van der Waals surface area contributed by atoms with Gasteiger partial charge >= 0.3 is 0 Å². The molecule has 1 aromatic carbocycles. The summed E-state index contributed by atoms with van der Waals surface area (Å²) in [4.78, 5) is 11.7. The van der Waals surface area contributed by atoms with Crippen LogP contribution in [0.4, 0.5) is 10.1 Å². The molecule has 1 aromatic rings. The molecule has 94 valence electrons. The first-order valence-corrected chi connectivity index (χ1v) is 6.20. The van der Waals surface area contributed by atoms with E-state index in [-0.39, 0.29) is 30.0 Å². The number of aryl methyl sites for hydroxylation is 1. The molecular weight excluding hydrogens is 263 g/mol. The number of hydrogen-bond acceptors (Lipinski definition) is 3. The number of rotatable bonds is 2. The third kappa shape index (κ3) is 3.59. The van der Waals surface area contributed by atoms with Gasteiger partial charge in [-0.3, -0.25) is 10.1 Å². The highest BCUT2D eigenvalue weighted by Gasteiger charge is 2.23. The Morgan fingerprint density at radius 3 is 3.00 bits per heavy atom. The molecule has 17 heavy (non-hydrogen) atoms.